The van der Waals surface area contributed by atoms with Gasteiger partial charge in [0.15, 0.2) is 0 Å². The topological polar surface area (TPSA) is 430 Å². The van der Waals surface area contributed by atoms with Crippen LogP contribution >= 0.6 is 0 Å². The standard InChI is InChI=1S/3H2O4S.6H2O.2Sc/c3*1-5(2,3)4;;;;;;;;/h3*(H2,1,2,3,4);6*1H2;;/q;;;;;;;;;2*+3/p-6. The molecule has 0 fully saturated rings. The van der Waals surface area contributed by atoms with Gasteiger partial charge in [0.2, 0.25) is 0 Å². The number of hydrogen-bond donors (Lipinski definition) is 0. The monoisotopic (exact) mass is 486 g/mol. The smallest absolute Gasteiger partial charge is 0.759 e. The molecule has 0 spiro atoms. The van der Waals surface area contributed by atoms with Crippen LogP contribution in [0.5, 0.6) is 0 Å². The Labute approximate surface area is 167 Å². The first-order chi connectivity index (χ1) is 6.00. The molecule has 0 aliphatic rings. The van der Waals surface area contributed by atoms with Crippen LogP contribution in [0.25, 0.3) is 0 Å². The van der Waals surface area contributed by atoms with Crippen molar-refractivity contribution in [3.63, 3.8) is 0 Å². The summed E-state index contributed by atoms with van der Waals surface area (Å²) in [5.41, 5.74) is 0. The Balaban J connectivity index is -0.00000000889. The maximum Gasteiger partial charge on any atom is 3.00 e. The molecule has 0 saturated carbocycles. The molecule has 0 unspecified atom stereocenters. The summed E-state index contributed by atoms with van der Waals surface area (Å²) < 4.78 is 102. The molecule has 0 saturated heterocycles. The fourth-order valence-electron chi connectivity index (χ4n) is 0. The van der Waals surface area contributed by atoms with Crippen molar-refractivity contribution in [2.75, 3.05) is 0 Å². The third kappa shape index (κ3) is 8350. The third-order valence-corrected chi connectivity index (χ3v) is 0. The van der Waals surface area contributed by atoms with E-state index in [1.54, 1.807) is 0 Å². The SMILES string of the molecule is O.O.O.O.O.O.O=S(=O)([O-])[O-].O=S(=O)([O-])[O-].O=S(=O)([O-])[O-].[Sc+3].[Sc+3]. The molecule has 0 bridgehead atoms. The van der Waals surface area contributed by atoms with Crippen molar-refractivity contribution in [1.82, 2.24) is 0 Å². The molecular formula is H12O18S3Sc2. The van der Waals surface area contributed by atoms with Gasteiger partial charge >= 0.3 is 51.7 Å². The molecule has 12 N–H and O–H groups in total. The Morgan fingerprint density at radius 2 is 0.348 bits per heavy atom. The molecule has 144 valence electrons. The molecule has 0 heterocycles. The number of rotatable bonds is 0. The average molecular weight is 486 g/mol. The van der Waals surface area contributed by atoms with Crippen LogP contribution in [-0.4, -0.2) is 85.4 Å². The molecule has 0 aliphatic carbocycles. The van der Waals surface area contributed by atoms with Gasteiger partial charge in [-0.25, -0.2) is 0 Å². The second kappa shape index (κ2) is 30.9. The molecule has 0 amide bonds. The van der Waals surface area contributed by atoms with Crippen molar-refractivity contribution < 1.29 is 137 Å². The molecule has 18 nitrogen and oxygen atoms in total. The first-order valence-electron chi connectivity index (χ1n) is 2.00. The second-order valence-electron chi connectivity index (χ2n) is 1.22. The van der Waals surface area contributed by atoms with E-state index in [2.05, 4.69) is 0 Å². The maximum atomic E-state index is 8.52. The summed E-state index contributed by atoms with van der Waals surface area (Å²) in [5.74, 6) is 0. The largest absolute Gasteiger partial charge is 3.00 e. The molecule has 23 heteroatoms. The molecule has 23 heavy (non-hydrogen) atoms. The van der Waals surface area contributed by atoms with Crippen LogP contribution < -0.4 is 0 Å². The summed E-state index contributed by atoms with van der Waals surface area (Å²) in [6.07, 6.45) is 0. The summed E-state index contributed by atoms with van der Waals surface area (Å²) in [5, 5.41) is 0. The predicted molar refractivity (Wildman–Crippen MR) is 53.1 cm³/mol. The molecule has 0 aromatic heterocycles. The van der Waals surface area contributed by atoms with Gasteiger partial charge in [0.05, 0.1) is 0 Å². The van der Waals surface area contributed by atoms with E-state index >= 15 is 0 Å². The Morgan fingerprint density at radius 3 is 0.348 bits per heavy atom. The zero-order chi connectivity index (χ0) is 13.5. The molecule has 0 radical (unpaired) electrons. The second-order valence-corrected chi connectivity index (χ2v) is 3.67. The molecular weight excluding hydrogens is 474 g/mol. The predicted octanol–water partition coefficient (Wildman–Crippen LogP) is -8.97. The van der Waals surface area contributed by atoms with Crippen LogP contribution in [0.2, 0.25) is 0 Å². The van der Waals surface area contributed by atoms with Crippen molar-refractivity contribution in [2.45, 2.75) is 0 Å². The average Bonchev–Trinajstić information content (AvgIpc) is 1.41. The fraction of sp³-hybridized carbons (Fsp3) is 0. The zero-order valence-corrected chi connectivity index (χ0v) is 16.3. The quantitative estimate of drug-likeness (QED) is 0.227. The van der Waals surface area contributed by atoms with Gasteiger partial charge in [-0.1, -0.05) is 0 Å². The van der Waals surface area contributed by atoms with Crippen LogP contribution in [0.1, 0.15) is 0 Å². The summed E-state index contributed by atoms with van der Waals surface area (Å²) in [6, 6.07) is 0. The summed E-state index contributed by atoms with van der Waals surface area (Å²) in [7, 11) is -15.5. The summed E-state index contributed by atoms with van der Waals surface area (Å²) in [4.78, 5) is 0. The van der Waals surface area contributed by atoms with E-state index in [0.717, 1.165) is 0 Å². The van der Waals surface area contributed by atoms with Gasteiger partial charge in [-0.2, -0.15) is 0 Å². The normalized spacial score (nSPS) is 7.57. The molecule has 0 rings (SSSR count). The van der Waals surface area contributed by atoms with Gasteiger partial charge in [-0.05, 0) is 0 Å². The Kier molecular flexibility index (Phi) is 101. The maximum absolute atomic E-state index is 8.52. The third-order valence-electron chi connectivity index (χ3n) is 0. The summed E-state index contributed by atoms with van der Waals surface area (Å²) >= 11 is 0. The van der Waals surface area contributed by atoms with Crippen LogP contribution in [0.3, 0.4) is 0 Å². The van der Waals surface area contributed by atoms with Crippen molar-refractivity contribution in [1.29, 1.82) is 0 Å². The van der Waals surface area contributed by atoms with Crippen molar-refractivity contribution in [3.8, 4) is 0 Å². The minimum absolute atomic E-state index is 0. The van der Waals surface area contributed by atoms with Gasteiger partial charge in [-0.15, -0.1) is 0 Å². The fourth-order valence-corrected chi connectivity index (χ4v) is 0. The van der Waals surface area contributed by atoms with E-state index < -0.39 is 31.2 Å². The number of hydrogen-bond acceptors (Lipinski definition) is 12. The zero-order valence-electron chi connectivity index (χ0n) is 10.3. The minimum Gasteiger partial charge on any atom is -0.759 e. The minimum atomic E-state index is -5.17. The van der Waals surface area contributed by atoms with Crippen LogP contribution in [0.4, 0.5) is 0 Å². The van der Waals surface area contributed by atoms with Gasteiger partial charge < -0.3 is 60.2 Å². The van der Waals surface area contributed by atoms with E-state index in [-0.39, 0.29) is 84.5 Å². The first-order valence-corrected chi connectivity index (χ1v) is 6.00. The first kappa shape index (κ1) is 74.9. The van der Waals surface area contributed by atoms with Crippen LogP contribution in [0, 0.1) is 0 Å². The Bertz CT molecular complexity index is 343. The van der Waals surface area contributed by atoms with E-state index in [0.29, 0.717) is 0 Å². The van der Waals surface area contributed by atoms with E-state index in [1.165, 1.54) is 0 Å². The van der Waals surface area contributed by atoms with Crippen LogP contribution in [-0.2, 0) is 82.9 Å². The van der Waals surface area contributed by atoms with Crippen molar-refractivity contribution >= 4 is 31.2 Å². The van der Waals surface area contributed by atoms with E-state index in [9.17, 15) is 0 Å². The van der Waals surface area contributed by atoms with Crippen molar-refractivity contribution in [2.24, 2.45) is 0 Å². The molecule has 0 aromatic carbocycles. The van der Waals surface area contributed by atoms with Gasteiger partial charge in [-0.3, -0.25) is 25.3 Å². The van der Waals surface area contributed by atoms with E-state index in [1.807, 2.05) is 0 Å². The van der Waals surface area contributed by atoms with E-state index in [4.69, 9.17) is 52.6 Å². The van der Waals surface area contributed by atoms with Crippen LogP contribution in [0.15, 0.2) is 0 Å². The van der Waals surface area contributed by atoms with Gasteiger partial charge in [0, 0.05) is 31.2 Å². The van der Waals surface area contributed by atoms with Gasteiger partial charge in [0.25, 0.3) is 0 Å². The van der Waals surface area contributed by atoms with Crippen molar-refractivity contribution in [3.05, 3.63) is 0 Å². The molecule has 0 atom stereocenters. The Hall–Kier alpha value is 1.11. The summed E-state index contributed by atoms with van der Waals surface area (Å²) in [6.45, 7) is 0. The molecule has 0 aromatic rings. The van der Waals surface area contributed by atoms with Gasteiger partial charge in [0.1, 0.15) is 0 Å². The molecule has 0 aliphatic heterocycles. The Morgan fingerprint density at radius 1 is 0.348 bits per heavy atom.